The van der Waals surface area contributed by atoms with E-state index in [1.165, 1.54) is 0 Å². The van der Waals surface area contributed by atoms with Crippen LogP contribution in [-0.2, 0) is 14.5 Å². The van der Waals surface area contributed by atoms with Gasteiger partial charge in [-0.25, -0.2) is 9.78 Å². The van der Waals surface area contributed by atoms with E-state index in [-0.39, 0.29) is 6.29 Å². The van der Waals surface area contributed by atoms with Gasteiger partial charge in [0.2, 0.25) is 6.29 Å². The summed E-state index contributed by atoms with van der Waals surface area (Å²) >= 11 is 0. The highest BCUT2D eigenvalue weighted by atomic mass is 17.3. The summed E-state index contributed by atoms with van der Waals surface area (Å²) in [6, 6.07) is 0. The van der Waals surface area contributed by atoms with Gasteiger partial charge in [-0.1, -0.05) is 0 Å². The Bertz CT molecular complexity index is 79.0. The molecule has 0 amide bonds. The largest absolute Gasteiger partial charge is 0.391 e. The molecule has 0 aromatic rings. The molecule has 4 nitrogen and oxygen atoms in total. The molecule has 0 saturated carbocycles. The predicted octanol–water partition coefficient (Wildman–Crippen LogP) is -0.328. The van der Waals surface area contributed by atoms with Gasteiger partial charge in [0.15, 0.2) is 0 Å². The minimum Gasteiger partial charge on any atom is -0.391 e. The van der Waals surface area contributed by atoms with Crippen LogP contribution in [0.15, 0.2) is 0 Å². The molecule has 1 rings (SSSR count). The van der Waals surface area contributed by atoms with E-state index in [1.54, 1.807) is 6.92 Å². The number of ether oxygens (including phenoxy) is 1. The first kappa shape index (κ1) is 6.95. The zero-order chi connectivity index (χ0) is 6.69. The molecule has 0 aliphatic carbocycles. The smallest absolute Gasteiger partial charge is 0.218 e. The third-order valence-corrected chi connectivity index (χ3v) is 0.903. The van der Waals surface area contributed by atoms with Gasteiger partial charge in [-0.05, 0) is 6.92 Å². The van der Waals surface area contributed by atoms with Crippen molar-refractivity contribution < 1.29 is 19.6 Å². The highest BCUT2D eigenvalue weighted by Crippen LogP contribution is 2.07. The molecule has 2 atom stereocenters. The van der Waals surface area contributed by atoms with Crippen molar-refractivity contribution in [3.8, 4) is 0 Å². The summed E-state index contributed by atoms with van der Waals surface area (Å²) in [6.07, 6.45) is -0.700. The van der Waals surface area contributed by atoms with Crippen molar-refractivity contribution in [2.75, 3.05) is 13.2 Å². The Morgan fingerprint density at radius 2 is 2.56 bits per heavy atom. The molecule has 0 aromatic heterocycles. The summed E-state index contributed by atoms with van der Waals surface area (Å²) in [7, 11) is 0. The molecule has 1 aliphatic rings. The molecule has 1 fully saturated rings. The van der Waals surface area contributed by atoms with Crippen molar-refractivity contribution in [2.45, 2.75) is 19.3 Å². The van der Waals surface area contributed by atoms with Crippen LogP contribution in [-0.4, -0.2) is 30.7 Å². The van der Waals surface area contributed by atoms with Crippen LogP contribution in [0, 0.1) is 0 Å². The lowest BCUT2D eigenvalue weighted by Gasteiger charge is -2.24. The molecule has 1 N–H and O–H groups in total. The molecule has 54 valence electrons. The van der Waals surface area contributed by atoms with Gasteiger partial charge in [0.05, 0.1) is 12.7 Å². The van der Waals surface area contributed by atoms with E-state index in [2.05, 4.69) is 9.78 Å². The molecule has 0 radical (unpaired) electrons. The van der Waals surface area contributed by atoms with Crippen LogP contribution in [0.4, 0.5) is 0 Å². The molecular formula is C5H10O4. The van der Waals surface area contributed by atoms with Crippen LogP contribution in [0.3, 0.4) is 0 Å². The Morgan fingerprint density at radius 1 is 1.89 bits per heavy atom. The molecule has 1 saturated heterocycles. The van der Waals surface area contributed by atoms with Crippen LogP contribution in [0.2, 0.25) is 0 Å². The number of aliphatic hydroxyl groups excluding tert-OH is 1. The molecular weight excluding hydrogens is 124 g/mol. The Balaban J connectivity index is 1.91. The van der Waals surface area contributed by atoms with Gasteiger partial charge in [-0.15, -0.1) is 0 Å². The number of hydrogen-bond donors (Lipinski definition) is 1. The lowest BCUT2D eigenvalue weighted by Crippen LogP contribution is -2.35. The van der Waals surface area contributed by atoms with E-state index in [9.17, 15) is 0 Å². The van der Waals surface area contributed by atoms with Crippen molar-refractivity contribution in [3.63, 3.8) is 0 Å². The van der Waals surface area contributed by atoms with Crippen LogP contribution < -0.4 is 0 Å². The first-order valence-electron chi connectivity index (χ1n) is 2.87. The molecule has 0 aromatic carbocycles. The summed E-state index contributed by atoms with van der Waals surface area (Å²) < 4.78 is 4.94. The van der Waals surface area contributed by atoms with Gasteiger partial charge in [0.25, 0.3) is 0 Å². The summed E-state index contributed by atoms with van der Waals surface area (Å²) in [5.41, 5.74) is 0. The van der Waals surface area contributed by atoms with Crippen molar-refractivity contribution in [3.05, 3.63) is 0 Å². The third-order valence-electron chi connectivity index (χ3n) is 0.903. The Hall–Kier alpha value is -0.160. The Morgan fingerprint density at radius 3 is 2.89 bits per heavy atom. The van der Waals surface area contributed by atoms with Crippen molar-refractivity contribution in [1.82, 2.24) is 0 Å². The van der Waals surface area contributed by atoms with Gasteiger partial charge in [-0.3, -0.25) is 0 Å². The summed E-state index contributed by atoms with van der Waals surface area (Å²) in [6.45, 7) is 2.42. The fraction of sp³-hybridized carbons (Fsp3) is 1.00. The second kappa shape index (κ2) is 3.12. The van der Waals surface area contributed by atoms with Gasteiger partial charge in [0.1, 0.15) is 6.61 Å². The lowest BCUT2D eigenvalue weighted by molar-refractivity contribution is -0.483. The van der Waals surface area contributed by atoms with Gasteiger partial charge < -0.3 is 9.84 Å². The molecule has 0 bridgehead atoms. The summed E-state index contributed by atoms with van der Waals surface area (Å²) in [4.78, 5) is 8.81. The van der Waals surface area contributed by atoms with E-state index in [4.69, 9.17) is 9.84 Å². The second-order valence-electron chi connectivity index (χ2n) is 1.99. The van der Waals surface area contributed by atoms with E-state index in [0.717, 1.165) is 0 Å². The summed E-state index contributed by atoms with van der Waals surface area (Å²) in [5, 5.41) is 8.70. The summed E-state index contributed by atoms with van der Waals surface area (Å²) in [5.74, 6) is 0. The maximum absolute atomic E-state index is 8.70. The SMILES string of the molecule is CC(O)COC1COO1. The molecule has 1 aliphatic heterocycles. The predicted molar refractivity (Wildman–Crippen MR) is 28.5 cm³/mol. The third kappa shape index (κ3) is 2.28. The molecule has 2 unspecified atom stereocenters. The van der Waals surface area contributed by atoms with Crippen LogP contribution in [0.5, 0.6) is 0 Å². The topological polar surface area (TPSA) is 47.9 Å². The quantitative estimate of drug-likeness (QED) is 0.537. The van der Waals surface area contributed by atoms with Crippen LogP contribution in [0.1, 0.15) is 6.92 Å². The first-order valence-corrected chi connectivity index (χ1v) is 2.87. The van der Waals surface area contributed by atoms with Crippen LogP contribution in [0.25, 0.3) is 0 Å². The number of hydrogen-bond acceptors (Lipinski definition) is 4. The number of rotatable bonds is 3. The standard InChI is InChI=1S/C5H10O4/c1-4(6)2-7-5-3-8-9-5/h4-6H,2-3H2,1H3. The Kier molecular flexibility index (Phi) is 2.41. The maximum Gasteiger partial charge on any atom is 0.218 e. The van der Waals surface area contributed by atoms with Crippen molar-refractivity contribution >= 4 is 0 Å². The molecule has 0 spiro atoms. The van der Waals surface area contributed by atoms with Gasteiger partial charge in [-0.2, -0.15) is 0 Å². The molecule has 1 heterocycles. The normalized spacial score (nSPS) is 29.3. The van der Waals surface area contributed by atoms with Crippen molar-refractivity contribution in [1.29, 1.82) is 0 Å². The van der Waals surface area contributed by atoms with E-state index < -0.39 is 6.10 Å². The zero-order valence-electron chi connectivity index (χ0n) is 5.24. The van der Waals surface area contributed by atoms with E-state index in [1.807, 2.05) is 0 Å². The average molecular weight is 134 g/mol. The first-order chi connectivity index (χ1) is 4.29. The average Bonchev–Trinajstić information content (AvgIpc) is 1.60. The minimum atomic E-state index is -0.436. The zero-order valence-corrected chi connectivity index (χ0v) is 5.24. The van der Waals surface area contributed by atoms with Crippen molar-refractivity contribution in [2.24, 2.45) is 0 Å². The fourth-order valence-corrected chi connectivity index (χ4v) is 0.446. The van der Waals surface area contributed by atoms with E-state index >= 15 is 0 Å². The lowest BCUT2D eigenvalue weighted by atomic mass is 10.4. The monoisotopic (exact) mass is 134 g/mol. The van der Waals surface area contributed by atoms with Crippen LogP contribution >= 0.6 is 0 Å². The maximum atomic E-state index is 8.70. The van der Waals surface area contributed by atoms with Gasteiger partial charge in [0, 0.05) is 0 Å². The highest BCUT2D eigenvalue weighted by molar-refractivity contribution is 4.47. The molecule has 9 heavy (non-hydrogen) atoms. The van der Waals surface area contributed by atoms with E-state index in [0.29, 0.717) is 13.2 Å². The molecule has 4 heteroatoms. The minimum absolute atomic E-state index is 0.264. The fourth-order valence-electron chi connectivity index (χ4n) is 0.446. The highest BCUT2D eigenvalue weighted by Gasteiger charge is 2.21. The number of aliphatic hydroxyl groups is 1. The second-order valence-corrected chi connectivity index (χ2v) is 1.99. The Labute approximate surface area is 53.3 Å². The van der Waals surface area contributed by atoms with Gasteiger partial charge >= 0.3 is 0 Å².